The van der Waals surface area contributed by atoms with Crippen molar-refractivity contribution < 1.29 is 0 Å². The van der Waals surface area contributed by atoms with E-state index in [0.29, 0.717) is 0 Å². The molecule has 2 nitrogen and oxygen atoms in total. The third kappa shape index (κ3) is 3.46. The Bertz CT molecular complexity index is 181. The fourth-order valence-corrected chi connectivity index (χ4v) is 3.31. The van der Waals surface area contributed by atoms with Gasteiger partial charge in [-0.1, -0.05) is 19.8 Å². The van der Waals surface area contributed by atoms with Gasteiger partial charge in [0.15, 0.2) is 0 Å². The lowest BCUT2D eigenvalue weighted by Crippen LogP contribution is -2.41. The minimum atomic E-state index is 0.795. The molecule has 1 aliphatic carbocycles. The summed E-state index contributed by atoms with van der Waals surface area (Å²) in [4.78, 5) is 2.68. The highest BCUT2D eigenvalue weighted by atomic mass is 15.2. The van der Waals surface area contributed by atoms with E-state index in [4.69, 9.17) is 0 Å². The standard InChI is InChI=1S/C14H28N2/c1-2-14(16-9-5-6-10-16)12-15-11-13-7-3-4-8-13/h13-15H,2-12H2,1H3. The molecule has 2 fully saturated rings. The second kappa shape index (κ2) is 6.61. The predicted molar refractivity (Wildman–Crippen MR) is 69.7 cm³/mol. The second-order valence-electron chi connectivity index (χ2n) is 5.61. The van der Waals surface area contributed by atoms with Gasteiger partial charge in [-0.15, -0.1) is 0 Å². The van der Waals surface area contributed by atoms with Gasteiger partial charge in [0.05, 0.1) is 0 Å². The van der Waals surface area contributed by atoms with Gasteiger partial charge in [-0.3, -0.25) is 4.90 Å². The number of rotatable bonds is 6. The van der Waals surface area contributed by atoms with Crippen LogP contribution in [0.25, 0.3) is 0 Å². The lowest BCUT2D eigenvalue weighted by Gasteiger charge is -2.27. The number of nitrogens with one attached hydrogen (secondary N) is 1. The van der Waals surface area contributed by atoms with Crippen molar-refractivity contribution in [2.24, 2.45) is 5.92 Å². The number of nitrogens with zero attached hydrogens (tertiary/aromatic N) is 1. The number of hydrogen-bond donors (Lipinski definition) is 1. The Hall–Kier alpha value is -0.0800. The van der Waals surface area contributed by atoms with Crippen molar-refractivity contribution in [1.29, 1.82) is 0 Å². The topological polar surface area (TPSA) is 15.3 Å². The first-order chi connectivity index (χ1) is 7.90. The molecule has 94 valence electrons. The van der Waals surface area contributed by atoms with Crippen molar-refractivity contribution >= 4 is 0 Å². The van der Waals surface area contributed by atoms with Gasteiger partial charge >= 0.3 is 0 Å². The molecule has 16 heavy (non-hydrogen) atoms. The first-order valence-corrected chi connectivity index (χ1v) is 7.35. The smallest absolute Gasteiger partial charge is 0.0218 e. The van der Waals surface area contributed by atoms with Crippen LogP contribution in [0.15, 0.2) is 0 Å². The van der Waals surface area contributed by atoms with Gasteiger partial charge in [-0.2, -0.15) is 0 Å². The number of likely N-dealkylation sites (tertiary alicyclic amines) is 1. The van der Waals surface area contributed by atoms with Crippen molar-refractivity contribution in [1.82, 2.24) is 10.2 Å². The van der Waals surface area contributed by atoms with E-state index in [1.165, 1.54) is 71.1 Å². The normalized spacial score (nSPS) is 25.3. The van der Waals surface area contributed by atoms with Crippen LogP contribution < -0.4 is 5.32 Å². The zero-order valence-electron chi connectivity index (χ0n) is 10.9. The van der Waals surface area contributed by atoms with Crippen LogP contribution in [0.1, 0.15) is 51.9 Å². The first kappa shape index (κ1) is 12.4. The monoisotopic (exact) mass is 224 g/mol. The second-order valence-corrected chi connectivity index (χ2v) is 5.61. The molecule has 2 aliphatic rings. The quantitative estimate of drug-likeness (QED) is 0.746. The Kier molecular flexibility index (Phi) is 5.11. The summed E-state index contributed by atoms with van der Waals surface area (Å²) in [6.45, 7) is 7.49. The maximum absolute atomic E-state index is 3.71. The molecule has 1 saturated carbocycles. The van der Waals surface area contributed by atoms with Gasteiger partial charge < -0.3 is 5.32 Å². The molecule has 2 rings (SSSR count). The predicted octanol–water partition coefficient (Wildman–Crippen LogP) is 2.64. The Morgan fingerprint density at radius 1 is 1.12 bits per heavy atom. The van der Waals surface area contributed by atoms with E-state index in [9.17, 15) is 0 Å². The molecule has 0 aromatic heterocycles. The van der Waals surface area contributed by atoms with Crippen molar-refractivity contribution in [3.63, 3.8) is 0 Å². The first-order valence-electron chi connectivity index (χ1n) is 7.35. The average molecular weight is 224 g/mol. The van der Waals surface area contributed by atoms with Crippen molar-refractivity contribution in [3.05, 3.63) is 0 Å². The Balaban J connectivity index is 1.62. The molecular formula is C14H28N2. The van der Waals surface area contributed by atoms with Gasteiger partial charge in [0.1, 0.15) is 0 Å². The Labute approximate surface area is 101 Å². The molecule has 2 heteroatoms. The minimum Gasteiger partial charge on any atom is -0.315 e. The van der Waals surface area contributed by atoms with Gasteiger partial charge in [0.25, 0.3) is 0 Å². The fraction of sp³-hybridized carbons (Fsp3) is 1.00. The molecule has 0 spiro atoms. The average Bonchev–Trinajstić information content (AvgIpc) is 2.96. The van der Waals surface area contributed by atoms with Gasteiger partial charge in [0, 0.05) is 12.6 Å². The maximum Gasteiger partial charge on any atom is 0.0218 e. The molecule has 1 heterocycles. The van der Waals surface area contributed by atoms with Crippen molar-refractivity contribution in [2.45, 2.75) is 57.9 Å². The van der Waals surface area contributed by atoms with E-state index in [0.717, 1.165) is 12.0 Å². The van der Waals surface area contributed by atoms with E-state index in [-0.39, 0.29) is 0 Å². The van der Waals surface area contributed by atoms with Crippen LogP contribution in [0.4, 0.5) is 0 Å². The molecule has 1 aliphatic heterocycles. The van der Waals surface area contributed by atoms with Crippen LogP contribution in [0.5, 0.6) is 0 Å². The molecule has 1 unspecified atom stereocenters. The summed E-state index contributed by atoms with van der Waals surface area (Å²) in [6.07, 6.45) is 10.0. The summed E-state index contributed by atoms with van der Waals surface area (Å²) in [5.74, 6) is 0.982. The highest BCUT2D eigenvalue weighted by molar-refractivity contribution is 4.78. The summed E-state index contributed by atoms with van der Waals surface area (Å²) in [6, 6.07) is 0.795. The Morgan fingerprint density at radius 3 is 2.44 bits per heavy atom. The highest BCUT2D eigenvalue weighted by Gasteiger charge is 2.20. The van der Waals surface area contributed by atoms with Crippen LogP contribution in [-0.2, 0) is 0 Å². The zero-order valence-corrected chi connectivity index (χ0v) is 10.9. The van der Waals surface area contributed by atoms with Crippen LogP contribution in [0.3, 0.4) is 0 Å². The van der Waals surface area contributed by atoms with E-state index in [2.05, 4.69) is 17.1 Å². The van der Waals surface area contributed by atoms with Crippen LogP contribution in [0.2, 0.25) is 0 Å². The van der Waals surface area contributed by atoms with Crippen molar-refractivity contribution in [3.8, 4) is 0 Å². The number of hydrogen-bond acceptors (Lipinski definition) is 2. The van der Waals surface area contributed by atoms with Gasteiger partial charge in [0.2, 0.25) is 0 Å². The molecule has 1 atom stereocenters. The molecule has 0 bridgehead atoms. The summed E-state index contributed by atoms with van der Waals surface area (Å²) in [7, 11) is 0. The van der Waals surface area contributed by atoms with E-state index in [1.807, 2.05) is 0 Å². The molecule has 1 N–H and O–H groups in total. The maximum atomic E-state index is 3.71. The van der Waals surface area contributed by atoms with E-state index >= 15 is 0 Å². The summed E-state index contributed by atoms with van der Waals surface area (Å²) < 4.78 is 0. The Morgan fingerprint density at radius 2 is 1.81 bits per heavy atom. The van der Waals surface area contributed by atoms with Crippen molar-refractivity contribution in [2.75, 3.05) is 26.2 Å². The third-order valence-electron chi connectivity index (χ3n) is 4.42. The fourth-order valence-electron chi connectivity index (χ4n) is 3.31. The molecule has 0 radical (unpaired) electrons. The SMILES string of the molecule is CCC(CNCC1CCCC1)N1CCCC1. The molecule has 0 amide bonds. The largest absolute Gasteiger partial charge is 0.315 e. The lowest BCUT2D eigenvalue weighted by atomic mass is 10.1. The summed E-state index contributed by atoms with van der Waals surface area (Å²) >= 11 is 0. The minimum absolute atomic E-state index is 0.795. The van der Waals surface area contributed by atoms with Crippen LogP contribution in [-0.4, -0.2) is 37.1 Å². The van der Waals surface area contributed by atoms with E-state index in [1.54, 1.807) is 0 Å². The zero-order chi connectivity index (χ0) is 11.2. The lowest BCUT2D eigenvalue weighted by molar-refractivity contribution is 0.227. The molecular weight excluding hydrogens is 196 g/mol. The van der Waals surface area contributed by atoms with Gasteiger partial charge in [-0.05, 0) is 57.7 Å². The molecule has 1 saturated heterocycles. The van der Waals surface area contributed by atoms with Gasteiger partial charge in [-0.25, -0.2) is 0 Å². The summed E-state index contributed by atoms with van der Waals surface area (Å²) in [5.41, 5.74) is 0. The summed E-state index contributed by atoms with van der Waals surface area (Å²) in [5, 5.41) is 3.71. The molecule has 0 aromatic rings. The highest BCUT2D eigenvalue weighted by Crippen LogP contribution is 2.23. The van der Waals surface area contributed by atoms with E-state index < -0.39 is 0 Å². The van der Waals surface area contributed by atoms with Crippen LogP contribution >= 0.6 is 0 Å². The van der Waals surface area contributed by atoms with Crippen LogP contribution in [0, 0.1) is 5.92 Å². The third-order valence-corrected chi connectivity index (χ3v) is 4.42. The molecule has 0 aromatic carbocycles.